The molecule has 32 heavy (non-hydrogen) atoms. The van der Waals surface area contributed by atoms with Gasteiger partial charge in [-0.25, -0.2) is 12.7 Å². The largest absolute Gasteiger partial charge is 0.497 e. The first-order valence-electron chi connectivity index (χ1n) is 10.5. The second-order valence-corrected chi connectivity index (χ2v) is 10.3. The van der Waals surface area contributed by atoms with Crippen molar-refractivity contribution in [2.75, 3.05) is 27.3 Å². The van der Waals surface area contributed by atoms with Crippen molar-refractivity contribution in [1.29, 1.82) is 0 Å². The zero-order valence-electron chi connectivity index (χ0n) is 18.5. The summed E-state index contributed by atoms with van der Waals surface area (Å²) in [5.74, 6) is 0.576. The molecule has 1 aliphatic rings. The Bertz CT molecular complexity index is 1060. The minimum atomic E-state index is -3.56. The predicted molar refractivity (Wildman–Crippen MR) is 124 cm³/mol. The third-order valence-corrected chi connectivity index (χ3v) is 7.70. The lowest BCUT2D eigenvalue weighted by Crippen LogP contribution is -2.46. The van der Waals surface area contributed by atoms with E-state index >= 15 is 0 Å². The summed E-state index contributed by atoms with van der Waals surface area (Å²) in [5, 5.41) is 3.50. The van der Waals surface area contributed by atoms with Crippen LogP contribution in [0.4, 0.5) is 0 Å². The second kappa shape index (κ2) is 10.6. The van der Waals surface area contributed by atoms with Gasteiger partial charge in [0, 0.05) is 23.7 Å². The summed E-state index contributed by atoms with van der Waals surface area (Å²) in [6.45, 7) is 2.44. The van der Waals surface area contributed by atoms with E-state index < -0.39 is 15.9 Å². The number of nitrogens with zero attached hydrogens (tertiary/aromatic N) is 1. The van der Waals surface area contributed by atoms with E-state index in [1.54, 1.807) is 50.6 Å². The third kappa shape index (κ3) is 5.94. The van der Waals surface area contributed by atoms with Gasteiger partial charge < -0.3 is 14.8 Å². The third-order valence-electron chi connectivity index (χ3n) is 5.65. The summed E-state index contributed by atoms with van der Waals surface area (Å²) in [5.41, 5.74) is 1.42. The van der Waals surface area contributed by atoms with Crippen LogP contribution in [0.3, 0.4) is 0 Å². The number of rotatable bonds is 8. The zero-order chi connectivity index (χ0) is 23.3. The summed E-state index contributed by atoms with van der Waals surface area (Å²) < 4.78 is 38.0. The molecule has 1 heterocycles. The standard InChI is InChI=1S/C23H29ClN2O5S/c1-16(21-13-20(30-2)9-10-22(21)31-3)25-23(27)18-7-5-11-26(14-18)32(28,29)15-17-6-4-8-19(24)12-17/h4,6,8-10,12-13,16,18H,5,7,11,14-15H2,1-3H3,(H,25,27)/t16-,18-/m1/s1. The maximum Gasteiger partial charge on any atom is 0.224 e. The molecule has 3 rings (SSSR count). The number of amides is 1. The van der Waals surface area contributed by atoms with Gasteiger partial charge >= 0.3 is 0 Å². The fourth-order valence-electron chi connectivity index (χ4n) is 3.92. The highest BCUT2D eigenvalue weighted by atomic mass is 35.5. The molecule has 2 aromatic carbocycles. The molecule has 0 aliphatic carbocycles. The molecule has 0 saturated carbocycles. The quantitative estimate of drug-likeness (QED) is 0.621. The number of carbonyl (C=O) groups excluding carboxylic acids is 1. The average molecular weight is 481 g/mol. The van der Waals surface area contributed by atoms with Crippen molar-refractivity contribution in [3.8, 4) is 11.5 Å². The van der Waals surface area contributed by atoms with Crippen LogP contribution in [0.15, 0.2) is 42.5 Å². The maximum absolute atomic E-state index is 13.0. The smallest absolute Gasteiger partial charge is 0.224 e. The van der Waals surface area contributed by atoms with E-state index in [9.17, 15) is 13.2 Å². The molecule has 7 nitrogen and oxygen atoms in total. The molecule has 0 aromatic heterocycles. The number of piperidine rings is 1. The molecule has 1 saturated heterocycles. The van der Waals surface area contributed by atoms with Crippen molar-refractivity contribution in [1.82, 2.24) is 9.62 Å². The molecule has 0 spiro atoms. The summed E-state index contributed by atoms with van der Waals surface area (Å²) in [6, 6.07) is 11.9. The summed E-state index contributed by atoms with van der Waals surface area (Å²) in [7, 11) is -0.410. The van der Waals surface area contributed by atoms with Crippen LogP contribution >= 0.6 is 11.6 Å². The van der Waals surface area contributed by atoms with Crippen molar-refractivity contribution < 1.29 is 22.7 Å². The van der Waals surface area contributed by atoms with Crippen LogP contribution in [0.25, 0.3) is 0 Å². The van der Waals surface area contributed by atoms with Gasteiger partial charge in [-0.05, 0) is 55.7 Å². The van der Waals surface area contributed by atoms with E-state index in [1.165, 1.54) is 4.31 Å². The number of nitrogens with one attached hydrogen (secondary N) is 1. The molecule has 0 bridgehead atoms. The van der Waals surface area contributed by atoms with E-state index in [0.717, 1.165) is 5.56 Å². The van der Waals surface area contributed by atoms with Gasteiger partial charge in [-0.15, -0.1) is 0 Å². The van der Waals surface area contributed by atoms with E-state index in [1.807, 2.05) is 13.0 Å². The fraction of sp³-hybridized carbons (Fsp3) is 0.435. The predicted octanol–water partition coefficient (Wildman–Crippen LogP) is 3.78. The van der Waals surface area contributed by atoms with Crippen molar-refractivity contribution in [2.24, 2.45) is 5.92 Å². The summed E-state index contributed by atoms with van der Waals surface area (Å²) in [6.07, 6.45) is 1.26. The van der Waals surface area contributed by atoms with Gasteiger partial charge in [-0.2, -0.15) is 0 Å². The number of ether oxygens (including phenoxy) is 2. The van der Waals surface area contributed by atoms with Gasteiger partial charge in [-0.3, -0.25) is 4.79 Å². The van der Waals surface area contributed by atoms with Gasteiger partial charge in [0.15, 0.2) is 0 Å². The minimum Gasteiger partial charge on any atom is -0.497 e. The maximum atomic E-state index is 13.0. The molecule has 2 atom stereocenters. The van der Waals surface area contributed by atoms with E-state index in [2.05, 4.69) is 5.32 Å². The number of sulfonamides is 1. The van der Waals surface area contributed by atoms with E-state index in [0.29, 0.717) is 41.5 Å². The highest BCUT2D eigenvalue weighted by molar-refractivity contribution is 7.88. The fourth-order valence-corrected chi connectivity index (χ4v) is 5.74. The molecule has 1 fully saturated rings. The molecular weight excluding hydrogens is 452 g/mol. The molecule has 174 valence electrons. The normalized spacial score (nSPS) is 18.1. The number of hydrogen-bond donors (Lipinski definition) is 1. The Kier molecular flexibility index (Phi) is 8.03. The van der Waals surface area contributed by atoms with Gasteiger partial charge in [0.25, 0.3) is 0 Å². The van der Waals surface area contributed by atoms with Crippen LogP contribution in [0, 0.1) is 5.92 Å². The van der Waals surface area contributed by atoms with Gasteiger partial charge in [0.2, 0.25) is 15.9 Å². The van der Waals surface area contributed by atoms with E-state index in [-0.39, 0.29) is 24.2 Å². The van der Waals surface area contributed by atoms with Crippen molar-refractivity contribution in [3.05, 3.63) is 58.6 Å². The molecule has 1 N–H and O–H groups in total. The number of hydrogen-bond acceptors (Lipinski definition) is 5. The molecule has 9 heteroatoms. The molecular formula is C23H29ClN2O5S. The number of methoxy groups -OCH3 is 2. The monoisotopic (exact) mass is 480 g/mol. The van der Waals surface area contributed by atoms with Crippen molar-refractivity contribution in [3.63, 3.8) is 0 Å². The Morgan fingerprint density at radius 3 is 2.69 bits per heavy atom. The Morgan fingerprint density at radius 1 is 1.22 bits per heavy atom. The highest BCUT2D eigenvalue weighted by Crippen LogP contribution is 2.30. The van der Waals surface area contributed by atoms with Crippen molar-refractivity contribution in [2.45, 2.75) is 31.6 Å². The molecule has 0 unspecified atom stereocenters. The summed E-state index contributed by atoms with van der Waals surface area (Å²) in [4.78, 5) is 13.0. The van der Waals surface area contributed by atoms with Crippen LogP contribution in [-0.2, 0) is 20.6 Å². The van der Waals surface area contributed by atoms with Gasteiger partial charge in [0.1, 0.15) is 11.5 Å². The first kappa shape index (κ1) is 24.4. The molecule has 1 amide bonds. The van der Waals surface area contributed by atoms with Gasteiger partial charge in [-0.1, -0.05) is 23.7 Å². The molecule has 2 aromatic rings. The molecule has 1 aliphatic heterocycles. The van der Waals surface area contributed by atoms with Crippen LogP contribution in [-0.4, -0.2) is 45.9 Å². The van der Waals surface area contributed by atoms with Crippen LogP contribution in [0.2, 0.25) is 5.02 Å². The van der Waals surface area contributed by atoms with Crippen LogP contribution < -0.4 is 14.8 Å². The minimum absolute atomic E-state index is 0.140. The Balaban J connectivity index is 1.68. The Labute approximate surface area is 194 Å². The number of halogens is 1. The van der Waals surface area contributed by atoms with Gasteiger partial charge in [0.05, 0.1) is 31.9 Å². The first-order chi connectivity index (χ1) is 15.2. The Hall–Kier alpha value is -2.29. The zero-order valence-corrected chi connectivity index (χ0v) is 20.1. The second-order valence-electron chi connectivity index (χ2n) is 7.92. The lowest BCUT2D eigenvalue weighted by Gasteiger charge is -2.32. The van der Waals surface area contributed by atoms with Crippen LogP contribution in [0.5, 0.6) is 11.5 Å². The highest BCUT2D eigenvalue weighted by Gasteiger charge is 2.33. The number of carbonyl (C=O) groups is 1. The Morgan fingerprint density at radius 2 is 2.00 bits per heavy atom. The number of benzene rings is 2. The lowest BCUT2D eigenvalue weighted by atomic mass is 9.97. The lowest BCUT2D eigenvalue weighted by molar-refractivity contribution is -0.126. The summed E-state index contributed by atoms with van der Waals surface area (Å²) >= 11 is 5.99. The SMILES string of the molecule is COc1ccc(OC)c([C@@H](C)NC(=O)[C@@H]2CCCN(S(=O)(=O)Cc3cccc(Cl)c3)C2)c1. The first-order valence-corrected chi connectivity index (χ1v) is 12.5. The van der Waals surface area contributed by atoms with Crippen LogP contribution in [0.1, 0.15) is 36.9 Å². The van der Waals surface area contributed by atoms with Crippen molar-refractivity contribution >= 4 is 27.5 Å². The molecule has 0 radical (unpaired) electrons. The topological polar surface area (TPSA) is 84.9 Å². The average Bonchev–Trinajstić information content (AvgIpc) is 2.78. The van der Waals surface area contributed by atoms with E-state index in [4.69, 9.17) is 21.1 Å².